The summed E-state index contributed by atoms with van der Waals surface area (Å²) in [6.07, 6.45) is 4.73. The smallest absolute Gasteiger partial charge is 0.341 e. The fourth-order valence-corrected chi connectivity index (χ4v) is 7.20. The average molecular weight is 629 g/mol. The zero-order valence-electron chi connectivity index (χ0n) is 24.0. The number of amides is 1. The number of carbonyl (C=O) groups excluding carboxylic acids is 2. The molecular weight excluding hydrogens is 601 g/mol. The summed E-state index contributed by atoms with van der Waals surface area (Å²) in [5.74, 6) is -0.582. The molecule has 2 heterocycles. The summed E-state index contributed by atoms with van der Waals surface area (Å²) in [5.41, 5.74) is 1.91. The minimum atomic E-state index is -0.734. The number of nitro benzene ring substituents is 1. The summed E-state index contributed by atoms with van der Waals surface area (Å²) >= 11 is 2.54. The van der Waals surface area contributed by atoms with Crippen LogP contribution in [0.4, 0.5) is 10.7 Å². The van der Waals surface area contributed by atoms with Crippen LogP contribution in [0.5, 0.6) is 0 Å². The molecule has 2 aromatic heterocycles. The number of thiophene rings is 1. The summed E-state index contributed by atoms with van der Waals surface area (Å²) in [6, 6.07) is 15.7. The molecule has 0 unspecified atom stereocenters. The first-order valence-corrected chi connectivity index (χ1v) is 15.7. The van der Waals surface area contributed by atoms with Gasteiger partial charge in [0.05, 0.1) is 17.1 Å². The van der Waals surface area contributed by atoms with Gasteiger partial charge in [-0.3, -0.25) is 14.9 Å². The predicted octanol–water partition coefficient (Wildman–Crippen LogP) is 6.69. The molecule has 1 amide bonds. The van der Waals surface area contributed by atoms with Crippen molar-refractivity contribution >= 4 is 51.7 Å². The van der Waals surface area contributed by atoms with Crippen molar-refractivity contribution in [2.75, 3.05) is 11.9 Å². The monoisotopic (exact) mass is 628 g/mol. The van der Waals surface area contributed by atoms with Crippen LogP contribution in [0.3, 0.4) is 0 Å². The van der Waals surface area contributed by atoms with E-state index in [-0.39, 0.29) is 17.9 Å². The Kier molecular flexibility index (Phi) is 9.52. The number of ether oxygens (including phenoxy) is 1. The van der Waals surface area contributed by atoms with Gasteiger partial charge < -0.3 is 14.6 Å². The van der Waals surface area contributed by atoms with Gasteiger partial charge >= 0.3 is 5.97 Å². The molecule has 4 aromatic rings. The molecule has 1 N–H and O–H groups in total. The number of hydrogen-bond acceptors (Lipinski definition) is 10. The van der Waals surface area contributed by atoms with Crippen molar-refractivity contribution in [1.29, 1.82) is 5.26 Å². The molecule has 5 rings (SSSR count). The van der Waals surface area contributed by atoms with E-state index in [9.17, 15) is 25.0 Å². The Hall–Kier alpha value is -4.80. The standard InChI is InChI=1S/C31H28N6O5S2/c1-3-36-27(19-10-6-5-7-11-19)34-35-31(36)44-24-15-14-22(37(40)41)17-20(24)16-21(18-32)28(38)33-29-26(30(39)42-4-2)23-12-8-9-13-25(23)43-29/h5-7,10-11,14-17H,3-4,8-9,12-13H2,1-2H3,(H,33,38)/b21-16-. The molecule has 0 spiro atoms. The first-order valence-electron chi connectivity index (χ1n) is 14.0. The first-order chi connectivity index (χ1) is 21.3. The van der Waals surface area contributed by atoms with Crippen molar-refractivity contribution in [2.24, 2.45) is 0 Å². The van der Waals surface area contributed by atoms with E-state index in [4.69, 9.17) is 4.74 Å². The van der Waals surface area contributed by atoms with Gasteiger partial charge in [0.2, 0.25) is 0 Å². The van der Waals surface area contributed by atoms with Crippen molar-refractivity contribution < 1.29 is 19.2 Å². The predicted molar refractivity (Wildman–Crippen MR) is 167 cm³/mol. The van der Waals surface area contributed by atoms with Crippen molar-refractivity contribution in [1.82, 2.24) is 14.8 Å². The molecule has 1 aliphatic rings. The van der Waals surface area contributed by atoms with Crippen LogP contribution in [0.25, 0.3) is 17.5 Å². The van der Waals surface area contributed by atoms with Crippen molar-refractivity contribution in [3.63, 3.8) is 0 Å². The number of nitriles is 1. The Labute approximate surface area is 261 Å². The van der Waals surface area contributed by atoms with Crippen LogP contribution in [-0.2, 0) is 28.9 Å². The van der Waals surface area contributed by atoms with Gasteiger partial charge in [-0.1, -0.05) is 30.3 Å². The topological polar surface area (TPSA) is 153 Å². The highest BCUT2D eigenvalue weighted by atomic mass is 32.2. The number of hydrogen-bond donors (Lipinski definition) is 1. The Morgan fingerprint density at radius 3 is 2.66 bits per heavy atom. The van der Waals surface area contributed by atoms with Gasteiger partial charge in [-0.05, 0) is 74.6 Å². The molecule has 11 nitrogen and oxygen atoms in total. The molecule has 0 saturated carbocycles. The zero-order valence-corrected chi connectivity index (χ0v) is 25.7. The molecule has 0 bridgehead atoms. The van der Waals surface area contributed by atoms with Gasteiger partial charge in [0.1, 0.15) is 16.6 Å². The maximum atomic E-state index is 13.4. The molecule has 2 aromatic carbocycles. The first kappa shape index (κ1) is 30.7. The van der Waals surface area contributed by atoms with E-state index in [0.29, 0.717) is 45.0 Å². The number of rotatable bonds is 10. The van der Waals surface area contributed by atoms with E-state index in [1.54, 1.807) is 13.0 Å². The number of non-ortho nitro benzene ring substituents is 1. The van der Waals surface area contributed by atoms with Crippen LogP contribution in [-0.4, -0.2) is 38.2 Å². The Morgan fingerprint density at radius 1 is 1.18 bits per heavy atom. The van der Waals surface area contributed by atoms with Crippen molar-refractivity contribution in [3.8, 4) is 17.5 Å². The molecule has 44 heavy (non-hydrogen) atoms. The number of benzene rings is 2. The minimum Gasteiger partial charge on any atom is -0.462 e. The molecule has 0 fully saturated rings. The average Bonchev–Trinajstić information content (AvgIpc) is 3.61. The van der Waals surface area contributed by atoms with Gasteiger partial charge in [-0.15, -0.1) is 21.5 Å². The lowest BCUT2D eigenvalue weighted by Gasteiger charge is -2.12. The molecule has 0 atom stereocenters. The largest absolute Gasteiger partial charge is 0.462 e. The Morgan fingerprint density at radius 2 is 1.95 bits per heavy atom. The lowest BCUT2D eigenvalue weighted by atomic mass is 9.95. The number of carbonyl (C=O) groups is 2. The Bertz CT molecular complexity index is 1810. The fourth-order valence-electron chi connectivity index (χ4n) is 4.95. The van der Waals surface area contributed by atoms with E-state index in [1.807, 2.05) is 47.9 Å². The van der Waals surface area contributed by atoms with Crippen molar-refractivity contribution in [3.05, 3.63) is 85.8 Å². The summed E-state index contributed by atoms with van der Waals surface area (Å²) in [7, 11) is 0. The third-order valence-electron chi connectivity index (χ3n) is 7.01. The molecule has 0 radical (unpaired) electrons. The summed E-state index contributed by atoms with van der Waals surface area (Å²) in [6.45, 7) is 4.43. The number of anilines is 1. The maximum absolute atomic E-state index is 13.4. The SMILES string of the molecule is CCOC(=O)c1c(NC(=O)/C(C#N)=C\c2cc([N+](=O)[O-])ccc2Sc2nnc(-c3ccccc3)n2CC)sc2c1CCCC2. The number of aryl methyl sites for hydroxylation is 1. The molecule has 13 heteroatoms. The van der Waals surface area contributed by atoms with Gasteiger partial charge in [-0.2, -0.15) is 5.26 Å². The van der Waals surface area contributed by atoms with Crippen LogP contribution in [0.15, 0.2) is 64.2 Å². The van der Waals surface area contributed by atoms with Crippen LogP contribution in [0.1, 0.15) is 53.1 Å². The molecule has 1 aliphatic carbocycles. The van der Waals surface area contributed by atoms with Crippen LogP contribution < -0.4 is 5.32 Å². The van der Waals surface area contributed by atoms with Gasteiger partial charge in [-0.25, -0.2) is 4.79 Å². The normalized spacial score (nSPS) is 12.7. The Balaban J connectivity index is 1.50. The van der Waals surface area contributed by atoms with Gasteiger partial charge in [0.25, 0.3) is 11.6 Å². The summed E-state index contributed by atoms with van der Waals surface area (Å²) in [4.78, 5) is 38.9. The second-order valence-corrected chi connectivity index (χ2v) is 11.9. The van der Waals surface area contributed by atoms with E-state index < -0.39 is 16.8 Å². The number of fused-ring (bicyclic) bond motifs is 1. The second kappa shape index (κ2) is 13.7. The molecule has 0 aliphatic heterocycles. The third-order valence-corrected chi connectivity index (χ3v) is 9.30. The van der Waals surface area contributed by atoms with Gasteiger partial charge in [0.15, 0.2) is 11.0 Å². The van der Waals surface area contributed by atoms with Crippen LogP contribution in [0, 0.1) is 21.4 Å². The fraction of sp³-hybridized carbons (Fsp3) is 0.258. The summed E-state index contributed by atoms with van der Waals surface area (Å²) in [5, 5.41) is 34.0. The van der Waals surface area contributed by atoms with E-state index in [2.05, 4.69) is 15.5 Å². The second-order valence-electron chi connectivity index (χ2n) is 9.76. The number of aromatic nitrogens is 3. The van der Waals surface area contributed by atoms with Crippen LogP contribution in [0.2, 0.25) is 0 Å². The number of nitrogens with one attached hydrogen (secondary N) is 1. The summed E-state index contributed by atoms with van der Waals surface area (Å²) < 4.78 is 7.19. The highest BCUT2D eigenvalue weighted by molar-refractivity contribution is 7.99. The number of nitrogens with zero attached hydrogens (tertiary/aromatic N) is 5. The lowest BCUT2D eigenvalue weighted by molar-refractivity contribution is -0.384. The highest BCUT2D eigenvalue weighted by Crippen LogP contribution is 2.39. The maximum Gasteiger partial charge on any atom is 0.341 e. The van der Waals surface area contributed by atoms with Gasteiger partial charge in [0, 0.05) is 34.0 Å². The lowest BCUT2D eigenvalue weighted by Crippen LogP contribution is -2.16. The third kappa shape index (κ3) is 6.41. The van der Waals surface area contributed by atoms with Crippen LogP contribution >= 0.6 is 23.1 Å². The number of esters is 1. The molecular formula is C31H28N6O5S2. The highest BCUT2D eigenvalue weighted by Gasteiger charge is 2.28. The number of nitro groups is 1. The zero-order chi connectivity index (χ0) is 31.2. The minimum absolute atomic E-state index is 0.187. The van der Waals surface area contributed by atoms with E-state index in [1.165, 1.54) is 41.3 Å². The van der Waals surface area contributed by atoms with E-state index >= 15 is 0 Å². The van der Waals surface area contributed by atoms with Crippen molar-refractivity contribution in [2.45, 2.75) is 56.1 Å². The quantitative estimate of drug-likeness (QED) is 0.0665. The van der Waals surface area contributed by atoms with E-state index in [0.717, 1.165) is 35.3 Å². The molecule has 0 saturated heterocycles. The molecule has 224 valence electrons.